The topological polar surface area (TPSA) is 75.2 Å². The number of fused-ring (bicyclic) bond motifs is 1. The Labute approximate surface area is 159 Å². The number of benzene rings is 2. The average molecular weight is 366 g/mol. The number of para-hydroxylation sites is 2. The minimum Gasteiger partial charge on any atom is -0.507 e. The largest absolute Gasteiger partial charge is 0.507 e. The van der Waals surface area contributed by atoms with Crippen LogP contribution in [0, 0.1) is 13.8 Å². The summed E-state index contributed by atoms with van der Waals surface area (Å²) in [7, 11) is 0. The molecule has 2 aromatic carbocycles. The van der Waals surface area contributed by atoms with Gasteiger partial charge in [0, 0.05) is 6.42 Å². The fourth-order valence-corrected chi connectivity index (χ4v) is 3.11. The first kappa shape index (κ1) is 19.0. The highest BCUT2D eigenvalue weighted by molar-refractivity contribution is 5.75. The number of aromatic nitrogens is 2. The van der Waals surface area contributed by atoms with Crippen LogP contribution in [0.2, 0.25) is 0 Å². The second-order valence-corrected chi connectivity index (χ2v) is 7.73. The third-order valence-electron chi connectivity index (χ3n) is 4.79. The number of carbonyl (C=O) groups excluding carboxylic acids is 1. The van der Waals surface area contributed by atoms with Crippen molar-refractivity contribution in [2.75, 3.05) is 6.61 Å². The standard InChI is InChI=1S/C22H26N2O3/c1-14-11-16(12-15(2)20(14)26)9-10-19(25)27-13-22(3,4)21-23-17-7-5-6-8-18(17)24-21/h5-8,11-12,26H,9-10,13H2,1-4H3,(H,23,24). The molecule has 0 saturated carbocycles. The Morgan fingerprint density at radius 1 is 1.19 bits per heavy atom. The summed E-state index contributed by atoms with van der Waals surface area (Å²) >= 11 is 0. The van der Waals surface area contributed by atoms with E-state index in [1.54, 1.807) is 0 Å². The molecule has 5 heteroatoms. The van der Waals surface area contributed by atoms with E-state index in [1.165, 1.54) is 0 Å². The minimum atomic E-state index is -0.402. The second kappa shape index (κ2) is 7.43. The molecule has 0 spiro atoms. The van der Waals surface area contributed by atoms with Gasteiger partial charge < -0.3 is 14.8 Å². The van der Waals surface area contributed by atoms with E-state index in [1.807, 2.05) is 64.1 Å². The zero-order chi connectivity index (χ0) is 19.6. The van der Waals surface area contributed by atoms with Gasteiger partial charge in [-0.25, -0.2) is 4.98 Å². The summed E-state index contributed by atoms with van der Waals surface area (Å²) in [5.74, 6) is 0.887. The molecule has 3 rings (SSSR count). The van der Waals surface area contributed by atoms with Crippen LogP contribution in [-0.4, -0.2) is 27.7 Å². The lowest BCUT2D eigenvalue weighted by molar-refractivity contribution is -0.145. The molecular formula is C22H26N2O3. The predicted octanol–water partition coefficient (Wildman–Crippen LogP) is 4.34. The van der Waals surface area contributed by atoms with E-state index in [9.17, 15) is 9.90 Å². The number of phenols is 1. The summed E-state index contributed by atoms with van der Waals surface area (Å²) in [4.78, 5) is 20.1. The Balaban J connectivity index is 1.58. The van der Waals surface area contributed by atoms with Crippen molar-refractivity contribution in [3.8, 4) is 5.75 Å². The van der Waals surface area contributed by atoms with Crippen molar-refractivity contribution in [3.63, 3.8) is 0 Å². The van der Waals surface area contributed by atoms with E-state index < -0.39 is 5.41 Å². The molecule has 0 amide bonds. The van der Waals surface area contributed by atoms with Crippen LogP contribution in [0.5, 0.6) is 5.75 Å². The lowest BCUT2D eigenvalue weighted by Gasteiger charge is -2.21. The van der Waals surface area contributed by atoms with Gasteiger partial charge in [-0.3, -0.25) is 4.79 Å². The molecule has 0 saturated heterocycles. The van der Waals surface area contributed by atoms with Crippen LogP contribution in [0.15, 0.2) is 36.4 Å². The fourth-order valence-electron chi connectivity index (χ4n) is 3.11. The molecule has 0 atom stereocenters. The molecule has 0 radical (unpaired) electrons. The molecular weight excluding hydrogens is 340 g/mol. The molecule has 0 aliphatic carbocycles. The van der Waals surface area contributed by atoms with Gasteiger partial charge in [0.05, 0.1) is 16.4 Å². The van der Waals surface area contributed by atoms with Gasteiger partial charge >= 0.3 is 5.97 Å². The number of carbonyl (C=O) groups is 1. The van der Waals surface area contributed by atoms with Gasteiger partial charge in [0.2, 0.25) is 0 Å². The zero-order valence-electron chi connectivity index (χ0n) is 16.3. The molecule has 1 heterocycles. The Morgan fingerprint density at radius 2 is 1.85 bits per heavy atom. The smallest absolute Gasteiger partial charge is 0.306 e. The normalized spacial score (nSPS) is 11.7. The monoisotopic (exact) mass is 366 g/mol. The van der Waals surface area contributed by atoms with Gasteiger partial charge in [0.15, 0.2) is 0 Å². The molecule has 0 bridgehead atoms. The first-order valence-corrected chi connectivity index (χ1v) is 9.16. The van der Waals surface area contributed by atoms with Gasteiger partial charge in [-0.1, -0.05) is 24.3 Å². The molecule has 142 valence electrons. The van der Waals surface area contributed by atoms with Crippen molar-refractivity contribution in [2.24, 2.45) is 0 Å². The molecule has 2 N–H and O–H groups in total. The maximum absolute atomic E-state index is 12.2. The maximum atomic E-state index is 12.2. The van der Waals surface area contributed by atoms with E-state index in [0.717, 1.165) is 33.5 Å². The van der Waals surface area contributed by atoms with Crippen molar-refractivity contribution in [1.82, 2.24) is 9.97 Å². The number of aromatic hydroxyl groups is 1. The van der Waals surface area contributed by atoms with E-state index >= 15 is 0 Å². The highest BCUT2D eigenvalue weighted by atomic mass is 16.5. The summed E-state index contributed by atoms with van der Waals surface area (Å²) in [5.41, 5.74) is 4.15. The first-order chi connectivity index (χ1) is 12.8. The Morgan fingerprint density at radius 3 is 2.52 bits per heavy atom. The zero-order valence-corrected chi connectivity index (χ0v) is 16.3. The van der Waals surface area contributed by atoms with Crippen molar-refractivity contribution >= 4 is 17.0 Å². The fraction of sp³-hybridized carbons (Fsp3) is 0.364. The third kappa shape index (κ3) is 4.30. The molecule has 0 fully saturated rings. The number of aromatic amines is 1. The Hall–Kier alpha value is -2.82. The number of rotatable bonds is 6. The highest BCUT2D eigenvalue weighted by Crippen LogP contribution is 2.25. The predicted molar refractivity (Wildman–Crippen MR) is 106 cm³/mol. The molecule has 0 aliphatic rings. The Kier molecular flexibility index (Phi) is 5.22. The molecule has 0 aliphatic heterocycles. The lowest BCUT2D eigenvalue weighted by atomic mass is 9.94. The lowest BCUT2D eigenvalue weighted by Crippen LogP contribution is -2.27. The van der Waals surface area contributed by atoms with Gasteiger partial charge in [-0.15, -0.1) is 0 Å². The molecule has 5 nitrogen and oxygen atoms in total. The summed E-state index contributed by atoms with van der Waals surface area (Å²) in [6, 6.07) is 11.7. The van der Waals surface area contributed by atoms with Crippen molar-refractivity contribution in [2.45, 2.75) is 46.0 Å². The SMILES string of the molecule is Cc1cc(CCC(=O)OCC(C)(C)c2nc3ccccc3[nH]2)cc(C)c1O. The number of nitrogens with zero attached hydrogens (tertiary/aromatic N) is 1. The molecule has 27 heavy (non-hydrogen) atoms. The quantitative estimate of drug-likeness (QED) is 0.637. The van der Waals surface area contributed by atoms with Gasteiger partial charge in [-0.2, -0.15) is 0 Å². The number of imidazole rings is 1. The van der Waals surface area contributed by atoms with Crippen LogP contribution in [0.4, 0.5) is 0 Å². The van der Waals surface area contributed by atoms with Crippen LogP contribution < -0.4 is 0 Å². The van der Waals surface area contributed by atoms with Crippen LogP contribution in [0.25, 0.3) is 11.0 Å². The van der Waals surface area contributed by atoms with Crippen molar-refractivity contribution in [1.29, 1.82) is 0 Å². The van der Waals surface area contributed by atoms with Crippen LogP contribution >= 0.6 is 0 Å². The third-order valence-corrected chi connectivity index (χ3v) is 4.79. The van der Waals surface area contributed by atoms with Crippen LogP contribution in [0.3, 0.4) is 0 Å². The summed E-state index contributed by atoms with van der Waals surface area (Å²) in [6.45, 7) is 7.99. The number of phenolic OH excluding ortho intramolecular Hbond substituents is 1. The van der Waals surface area contributed by atoms with Crippen molar-refractivity contribution in [3.05, 3.63) is 58.9 Å². The average Bonchev–Trinajstić information content (AvgIpc) is 3.08. The summed E-state index contributed by atoms with van der Waals surface area (Å²) in [6.07, 6.45) is 0.895. The van der Waals surface area contributed by atoms with Crippen molar-refractivity contribution < 1.29 is 14.6 Å². The molecule has 0 unspecified atom stereocenters. The van der Waals surface area contributed by atoms with E-state index in [0.29, 0.717) is 18.6 Å². The van der Waals surface area contributed by atoms with Gasteiger partial charge in [0.25, 0.3) is 0 Å². The summed E-state index contributed by atoms with van der Waals surface area (Å²) in [5, 5.41) is 9.84. The number of aryl methyl sites for hydroxylation is 3. The first-order valence-electron chi connectivity index (χ1n) is 9.16. The molecule has 1 aromatic heterocycles. The van der Waals surface area contributed by atoms with E-state index in [-0.39, 0.29) is 12.6 Å². The number of esters is 1. The van der Waals surface area contributed by atoms with E-state index in [4.69, 9.17) is 4.74 Å². The van der Waals surface area contributed by atoms with Gasteiger partial charge in [-0.05, 0) is 62.9 Å². The maximum Gasteiger partial charge on any atom is 0.306 e. The van der Waals surface area contributed by atoms with Gasteiger partial charge in [0.1, 0.15) is 18.2 Å². The number of H-pyrrole nitrogens is 1. The number of ether oxygens (including phenoxy) is 1. The van der Waals surface area contributed by atoms with E-state index in [2.05, 4.69) is 9.97 Å². The number of hydrogen-bond donors (Lipinski definition) is 2. The van der Waals surface area contributed by atoms with Crippen LogP contribution in [0.1, 0.15) is 42.8 Å². The number of hydrogen-bond acceptors (Lipinski definition) is 4. The highest BCUT2D eigenvalue weighted by Gasteiger charge is 2.26. The second-order valence-electron chi connectivity index (χ2n) is 7.73. The Bertz CT molecular complexity index is 917. The molecule has 3 aromatic rings. The van der Waals surface area contributed by atoms with Crippen LogP contribution in [-0.2, 0) is 21.4 Å². The minimum absolute atomic E-state index is 0.234. The summed E-state index contributed by atoms with van der Waals surface area (Å²) < 4.78 is 5.51. The number of nitrogens with one attached hydrogen (secondary N) is 1.